The van der Waals surface area contributed by atoms with E-state index in [4.69, 9.17) is 0 Å². The van der Waals surface area contributed by atoms with E-state index in [1.807, 2.05) is 38.9 Å². The summed E-state index contributed by atoms with van der Waals surface area (Å²) in [5.74, 6) is 0.292. The van der Waals surface area contributed by atoms with Crippen LogP contribution in [0.25, 0.3) is 6.08 Å². The SMILES string of the molecule is CC(C)c1ccc(C=CN(C)C)c([N+](=O)[O-])c1. The van der Waals surface area contributed by atoms with E-state index in [9.17, 15) is 10.1 Å². The van der Waals surface area contributed by atoms with E-state index in [1.165, 1.54) is 0 Å². The molecule has 0 spiro atoms. The van der Waals surface area contributed by atoms with Gasteiger partial charge in [0.2, 0.25) is 0 Å². The maximum absolute atomic E-state index is 11.0. The number of hydrogen-bond donors (Lipinski definition) is 0. The third-order valence-corrected chi connectivity index (χ3v) is 2.47. The molecule has 0 aliphatic carbocycles. The van der Waals surface area contributed by atoms with Gasteiger partial charge in [0.15, 0.2) is 0 Å². The lowest BCUT2D eigenvalue weighted by molar-refractivity contribution is -0.385. The van der Waals surface area contributed by atoms with Crippen molar-refractivity contribution in [3.63, 3.8) is 0 Å². The highest BCUT2D eigenvalue weighted by atomic mass is 16.6. The second kappa shape index (κ2) is 5.48. The zero-order valence-corrected chi connectivity index (χ0v) is 10.7. The number of nitro benzene ring substituents is 1. The summed E-state index contributed by atoms with van der Waals surface area (Å²) in [6.07, 6.45) is 3.56. The number of nitro groups is 1. The van der Waals surface area contributed by atoms with Gasteiger partial charge < -0.3 is 4.90 Å². The molecule has 1 aromatic rings. The summed E-state index contributed by atoms with van der Waals surface area (Å²) in [4.78, 5) is 12.5. The fraction of sp³-hybridized carbons (Fsp3) is 0.385. The van der Waals surface area contributed by atoms with E-state index in [-0.39, 0.29) is 10.6 Å². The van der Waals surface area contributed by atoms with Gasteiger partial charge in [-0.25, -0.2) is 0 Å². The van der Waals surface area contributed by atoms with Crippen molar-refractivity contribution < 1.29 is 4.92 Å². The van der Waals surface area contributed by atoms with Crippen molar-refractivity contribution in [2.45, 2.75) is 19.8 Å². The molecule has 0 N–H and O–H groups in total. The molecule has 0 saturated heterocycles. The Balaban J connectivity index is 3.18. The van der Waals surface area contributed by atoms with Crippen LogP contribution in [0.2, 0.25) is 0 Å². The topological polar surface area (TPSA) is 46.4 Å². The van der Waals surface area contributed by atoms with Crippen LogP contribution in [0.3, 0.4) is 0 Å². The highest BCUT2D eigenvalue weighted by Gasteiger charge is 2.13. The van der Waals surface area contributed by atoms with Crippen LogP contribution in [0.15, 0.2) is 24.4 Å². The van der Waals surface area contributed by atoms with E-state index in [2.05, 4.69) is 0 Å². The monoisotopic (exact) mass is 234 g/mol. The van der Waals surface area contributed by atoms with Crippen LogP contribution >= 0.6 is 0 Å². The lowest BCUT2D eigenvalue weighted by Crippen LogP contribution is -2.00. The molecule has 0 radical (unpaired) electrons. The summed E-state index contributed by atoms with van der Waals surface area (Å²) >= 11 is 0. The molecular weight excluding hydrogens is 216 g/mol. The largest absolute Gasteiger partial charge is 0.383 e. The van der Waals surface area contributed by atoms with Crippen LogP contribution < -0.4 is 0 Å². The first-order valence-corrected chi connectivity index (χ1v) is 5.54. The van der Waals surface area contributed by atoms with E-state index in [1.54, 1.807) is 24.4 Å². The number of hydrogen-bond acceptors (Lipinski definition) is 3. The van der Waals surface area contributed by atoms with Gasteiger partial charge in [-0.15, -0.1) is 0 Å². The zero-order valence-electron chi connectivity index (χ0n) is 10.7. The van der Waals surface area contributed by atoms with Gasteiger partial charge in [0, 0.05) is 20.2 Å². The Morgan fingerprint density at radius 2 is 2.00 bits per heavy atom. The Hall–Kier alpha value is -1.84. The van der Waals surface area contributed by atoms with Crippen molar-refractivity contribution in [2.75, 3.05) is 14.1 Å². The molecule has 4 nitrogen and oxygen atoms in total. The summed E-state index contributed by atoms with van der Waals surface area (Å²) in [6, 6.07) is 5.39. The molecule has 0 amide bonds. The standard InChI is InChI=1S/C13H18N2O2/c1-10(2)12-6-5-11(7-8-14(3)4)13(9-12)15(16)17/h5-10H,1-4H3. The van der Waals surface area contributed by atoms with Crippen LogP contribution in [0.5, 0.6) is 0 Å². The van der Waals surface area contributed by atoms with E-state index in [0.717, 1.165) is 5.56 Å². The lowest BCUT2D eigenvalue weighted by atomic mass is 10.0. The predicted octanol–water partition coefficient (Wildman–Crippen LogP) is 3.25. The summed E-state index contributed by atoms with van der Waals surface area (Å²) in [7, 11) is 3.76. The van der Waals surface area contributed by atoms with E-state index < -0.39 is 0 Å². The van der Waals surface area contributed by atoms with Crippen molar-refractivity contribution in [1.82, 2.24) is 4.90 Å². The lowest BCUT2D eigenvalue weighted by Gasteiger charge is -2.07. The Bertz CT molecular complexity index is 437. The van der Waals surface area contributed by atoms with Crippen molar-refractivity contribution in [3.05, 3.63) is 45.6 Å². The predicted molar refractivity (Wildman–Crippen MR) is 69.9 cm³/mol. The van der Waals surface area contributed by atoms with Gasteiger partial charge in [-0.05, 0) is 29.8 Å². The Morgan fingerprint density at radius 3 is 2.47 bits per heavy atom. The van der Waals surface area contributed by atoms with Gasteiger partial charge in [0.1, 0.15) is 0 Å². The van der Waals surface area contributed by atoms with Crippen LogP contribution in [-0.4, -0.2) is 23.9 Å². The molecule has 92 valence electrons. The second-order valence-corrected chi connectivity index (χ2v) is 4.51. The van der Waals surface area contributed by atoms with Gasteiger partial charge in [-0.1, -0.05) is 19.9 Å². The molecule has 0 aliphatic rings. The highest BCUT2D eigenvalue weighted by Crippen LogP contribution is 2.25. The van der Waals surface area contributed by atoms with Crippen molar-refractivity contribution in [3.8, 4) is 0 Å². The maximum atomic E-state index is 11.0. The Kier molecular flexibility index (Phi) is 4.26. The first-order valence-electron chi connectivity index (χ1n) is 5.54. The molecule has 1 rings (SSSR count). The summed E-state index contributed by atoms with van der Waals surface area (Å²) < 4.78 is 0. The van der Waals surface area contributed by atoms with Crippen LogP contribution in [0.1, 0.15) is 30.9 Å². The Morgan fingerprint density at radius 1 is 1.35 bits per heavy atom. The third kappa shape index (κ3) is 3.59. The third-order valence-electron chi connectivity index (χ3n) is 2.47. The minimum Gasteiger partial charge on any atom is -0.383 e. The van der Waals surface area contributed by atoms with Crippen molar-refractivity contribution >= 4 is 11.8 Å². The smallest absolute Gasteiger partial charge is 0.276 e. The van der Waals surface area contributed by atoms with Gasteiger partial charge in [0.05, 0.1) is 10.5 Å². The van der Waals surface area contributed by atoms with Crippen molar-refractivity contribution in [1.29, 1.82) is 0 Å². The molecule has 0 bridgehead atoms. The molecule has 0 fully saturated rings. The Labute approximate surface area is 102 Å². The summed E-state index contributed by atoms with van der Waals surface area (Å²) in [5.41, 5.74) is 1.78. The molecule has 0 saturated carbocycles. The van der Waals surface area contributed by atoms with Gasteiger partial charge in [0.25, 0.3) is 5.69 Å². The van der Waals surface area contributed by atoms with Gasteiger partial charge >= 0.3 is 0 Å². The number of nitrogens with zero attached hydrogens (tertiary/aromatic N) is 2. The van der Waals surface area contributed by atoms with Crippen molar-refractivity contribution in [2.24, 2.45) is 0 Å². The van der Waals surface area contributed by atoms with Crippen LogP contribution in [0, 0.1) is 10.1 Å². The molecule has 0 unspecified atom stereocenters. The summed E-state index contributed by atoms with van der Waals surface area (Å²) in [5, 5.41) is 11.0. The van der Waals surface area contributed by atoms with Crippen LogP contribution in [0.4, 0.5) is 5.69 Å². The first kappa shape index (κ1) is 13.2. The first-order chi connectivity index (χ1) is 7.91. The molecule has 0 heterocycles. The zero-order chi connectivity index (χ0) is 13.0. The molecule has 1 aromatic carbocycles. The quantitative estimate of drug-likeness (QED) is 0.593. The molecule has 4 heteroatoms. The fourth-order valence-electron chi connectivity index (χ4n) is 1.45. The highest BCUT2D eigenvalue weighted by molar-refractivity contribution is 5.61. The van der Waals surface area contributed by atoms with Gasteiger partial charge in [-0.2, -0.15) is 0 Å². The molecule has 0 atom stereocenters. The average Bonchev–Trinajstić information content (AvgIpc) is 2.25. The second-order valence-electron chi connectivity index (χ2n) is 4.51. The average molecular weight is 234 g/mol. The van der Waals surface area contributed by atoms with E-state index in [0.29, 0.717) is 11.5 Å². The molecular formula is C13H18N2O2. The minimum atomic E-state index is -0.332. The summed E-state index contributed by atoms with van der Waals surface area (Å²) in [6.45, 7) is 4.04. The number of rotatable bonds is 4. The molecule has 0 aromatic heterocycles. The van der Waals surface area contributed by atoms with Gasteiger partial charge in [-0.3, -0.25) is 10.1 Å². The number of benzene rings is 1. The normalized spacial score (nSPS) is 11.1. The molecule has 17 heavy (non-hydrogen) atoms. The van der Waals surface area contributed by atoms with E-state index >= 15 is 0 Å². The fourth-order valence-corrected chi connectivity index (χ4v) is 1.45. The minimum absolute atomic E-state index is 0.161. The molecule has 0 aliphatic heterocycles. The van der Waals surface area contributed by atoms with Crippen LogP contribution in [-0.2, 0) is 0 Å². The maximum Gasteiger partial charge on any atom is 0.276 e.